The van der Waals surface area contributed by atoms with Gasteiger partial charge < -0.3 is 10.6 Å². The Morgan fingerprint density at radius 3 is 3.15 bits per heavy atom. The molecule has 0 atom stereocenters. The number of benzene rings is 1. The molecule has 2 aromatic rings. The number of nitrogens with one attached hydrogen (secondary N) is 2. The Hall–Kier alpha value is -2.43. The minimum atomic E-state index is -0.0796. The first-order valence-electron chi connectivity index (χ1n) is 6.74. The van der Waals surface area contributed by atoms with Crippen LogP contribution >= 0.6 is 0 Å². The van der Waals surface area contributed by atoms with Gasteiger partial charge in [0.05, 0.1) is 12.2 Å². The van der Waals surface area contributed by atoms with Crippen LogP contribution in [-0.2, 0) is 13.0 Å². The maximum absolute atomic E-state index is 12.1. The van der Waals surface area contributed by atoms with Crippen LogP contribution in [0.25, 0.3) is 0 Å². The lowest BCUT2D eigenvalue weighted by atomic mass is 10.0. The molecule has 5 heteroatoms. The van der Waals surface area contributed by atoms with Crippen molar-refractivity contribution < 1.29 is 4.79 Å². The first-order chi connectivity index (χ1) is 9.83. The molecule has 0 aliphatic carbocycles. The Bertz CT molecular complexity index is 613. The van der Waals surface area contributed by atoms with Crippen LogP contribution in [0.3, 0.4) is 0 Å². The van der Waals surface area contributed by atoms with Gasteiger partial charge in [-0.2, -0.15) is 10.2 Å². The quantitative estimate of drug-likeness (QED) is 0.890. The van der Waals surface area contributed by atoms with Gasteiger partial charge in [0.15, 0.2) is 0 Å². The highest BCUT2D eigenvalue weighted by Gasteiger charge is 2.12. The number of carbonyl (C=O) groups is 1. The number of hydrogen-bond donors (Lipinski definition) is 2. The summed E-state index contributed by atoms with van der Waals surface area (Å²) in [6.07, 6.45) is 3.74. The van der Waals surface area contributed by atoms with Gasteiger partial charge in [-0.05, 0) is 48.7 Å². The van der Waals surface area contributed by atoms with E-state index in [4.69, 9.17) is 0 Å². The van der Waals surface area contributed by atoms with Gasteiger partial charge in [-0.3, -0.25) is 4.79 Å². The van der Waals surface area contributed by atoms with Gasteiger partial charge in [-0.15, -0.1) is 0 Å². The van der Waals surface area contributed by atoms with E-state index in [1.807, 2.05) is 24.3 Å². The SMILES string of the molecule is O=C(NCc1cccnn1)c1ccc2c(c1)CCCN2. The highest BCUT2D eigenvalue weighted by molar-refractivity contribution is 5.94. The van der Waals surface area contributed by atoms with E-state index in [1.54, 1.807) is 12.3 Å². The number of nitrogens with zero attached hydrogens (tertiary/aromatic N) is 2. The van der Waals surface area contributed by atoms with Gasteiger partial charge in [-0.1, -0.05) is 0 Å². The maximum Gasteiger partial charge on any atom is 0.251 e. The van der Waals surface area contributed by atoms with E-state index in [9.17, 15) is 4.79 Å². The van der Waals surface area contributed by atoms with Crippen LogP contribution in [-0.4, -0.2) is 22.6 Å². The summed E-state index contributed by atoms with van der Waals surface area (Å²) in [5.74, 6) is -0.0796. The zero-order chi connectivity index (χ0) is 13.8. The van der Waals surface area contributed by atoms with Gasteiger partial charge in [-0.25, -0.2) is 0 Å². The normalized spacial score (nSPS) is 13.2. The molecule has 1 aliphatic rings. The number of fused-ring (bicyclic) bond motifs is 1. The monoisotopic (exact) mass is 268 g/mol. The average molecular weight is 268 g/mol. The van der Waals surface area contributed by atoms with Crippen molar-refractivity contribution in [1.82, 2.24) is 15.5 Å². The van der Waals surface area contributed by atoms with Crippen molar-refractivity contribution in [3.63, 3.8) is 0 Å². The van der Waals surface area contributed by atoms with Crippen molar-refractivity contribution in [3.05, 3.63) is 53.3 Å². The third-order valence-corrected chi connectivity index (χ3v) is 3.36. The van der Waals surface area contributed by atoms with Crippen molar-refractivity contribution in [2.45, 2.75) is 19.4 Å². The number of anilines is 1. The Balaban J connectivity index is 1.68. The summed E-state index contributed by atoms with van der Waals surface area (Å²) in [5.41, 5.74) is 3.79. The van der Waals surface area contributed by atoms with Gasteiger partial charge in [0.2, 0.25) is 0 Å². The average Bonchev–Trinajstić information content (AvgIpc) is 2.53. The van der Waals surface area contributed by atoms with Crippen molar-refractivity contribution in [2.75, 3.05) is 11.9 Å². The van der Waals surface area contributed by atoms with Crippen LogP contribution in [0, 0.1) is 0 Å². The molecule has 0 unspecified atom stereocenters. The molecule has 1 aliphatic heterocycles. The minimum absolute atomic E-state index is 0.0796. The molecule has 5 nitrogen and oxygen atoms in total. The zero-order valence-corrected chi connectivity index (χ0v) is 11.1. The first kappa shape index (κ1) is 12.6. The summed E-state index contributed by atoms with van der Waals surface area (Å²) in [6, 6.07) is 9.44. The summed E-state index contributed by atoms with van der Waals surface area (Å²) in [5, 5.41) is 13.9. The molecule has 0 saturated carbocycles. The smallest absolute Gasteiger partial charge is 0.251 e. The zero-order valence-electron chi connectivity index (χ0n) is 11.1. The van der Waals surface area contributed by atoms with Crippen LogP contribution in [0.1, 0.15) is 28.0 Å². The van der Waals surface area contributed by atoms with Gasteiger partial charge >= 0.3 is 0 Å². The fourth-order valence-electron chi connectivity index (χ4n) is 2.32. The highest BCUT2D eigenvalue weighted by Crippen LogP contribution is 2.22. The molecule has 0 bridgehead atoms. The molecule has 1 aromatic heterocycles. The number of amides is 1. The number of rotatable bonds is 3. The fourth-order valence-corrected chi connectivity index (χ4v) is 2.32. The van der Waals surface area contributed by atoms with Gasteiger partial charge in [0.25, 0.3) is 5.91 Å². The predicted molar refractivity (Wildman–Crippen MR) is 76.5 cm³/mol. The maximum atomic E-state index is 12.1. The Morgan fingerprint density at radius 1 is 1.35 bits per heavy atom. The standard InChI is InChI=1S/C15H16N4O/c20-15(17-10-13-4-2-8-18-19-13)12-5-6-14-11(9-12)3-1-7-16-14/h2,4-6,8-9,16H,1,3,7,10H2,(H,17,20). The van der Waals surface area contributed by atoms with Crippen molar-refractivity contribution in [2.24, 2.45) is 0 Å². The molecule has 102 valence electrons. The fraction of sp³-hybridized carbons (Fsp3) is 0.267. The van der Waals surface area contributed by atoms with E-state index < -0.39 is 0 Å². The molecule has 0 spiro atoms. The molecule has 1 aromatic carbocycles. The summed E-state index contributed by atoms with van der Waals surface area (Å²) in [6.45, 7) is 1.40. The topological polar surface area (TPSA) is 66.9 Å². The second-order valence-electron chi connectivity index (χ2n) is 4.80. The summed E-state index contributed by atoms with van der Waals surface area (Å²) >= 11 is 0. The Kier molecular flexibility index (Phi) is 3.58. The van der Waals surface area contributed by atoms with Crippen LogP contribution in [0.2, 0.25) is 0 Å². The molecular weight excluding hydrogens is 252 g/mol. The summed E-state index contributed by atoms with van der Waals surface area (Å²) in [7, 11) is 0. The number of hydrogen-bond acceptors (Lipinski definition) is 4. The number of aromatic nitrogens is 2. The minimum Gasteiger partial charge on any atom is -0.385 e. The molecule has 0 radical (unpaired) electrons. The molecule has 3 rings (SSSR count). The molecule has 1 amide bonds. The van der Waals surface area contributed by atoms with E-state index in [0.29, 0.717) is 12.1 Å². The second-order valence-corrected chi connectivity index (χ2v) is 4.80. The van der Waals surface area contributed by atoms with E-state index in [2.05, 4.69) is 20.8 Å². The number of aryl methyl sites for hydroxylation is 1. The highest BCUT2D eigenvalue weighted by atomic mass is 16.1. The third kappa shape index (κ3) is 2.77. The van der Waals surface area contributed by atoms with E-state index in [1.165, 1.54) is 5.56 Å². The second kappa shape index (κ2) is 5.69. The molecular formula is C15H16N4O. The van der Waals surface area contributed by atoms with E-state index >= 15 is 0 Å². The van der Waals surface area contributed by atoms with Crippen molar-refractivity contribution in [3.8, 4) is 0 Å². The van der Waals surface area contributed by atoms with E-state index in [0.717, 1.165) is 30.8 Å². The predicted octanol–water partition coefficient (Wildman–Crippen LogP) is 1.76. The van der Waals surface area contributed by atoms with Crippen LogP contribution in [0.15, 0.2) is 36.5 Å². The van der Waals surface area contributed by atoms with Gasteiger partial charge in [0.1, 0.15) is 0 Å². The molecule has 2 heterocycles. The molecule has 2 N–H and O–H groups in total. The first-order valence-corrected chi connectivity index (χ1v) is 6.74. The van der Waals surface area contributed by atoms with Crippen LogP contribution in [0.4, 0.5) is 5.69 Å². The van der Waals surface area contributed by atoms with Crippen molar-refractivity contribution >= 4 is 11.6 Å². The van der Waals surface area contributed by atoms with Crippen molar-refractivity contribution in [1.29, 1.82) is 0 Å². The van der Waals surface area contributed by atoms with Crippen LogP contribution < -0.4 is 10.6 Å². The molecule has 0 saturated heterocycles. The lowest BCUT2D eigenvalue weighted by molar-refractivity contribution is 0.0950. The number of carbonyl (C=O) groups excluding carboxylic acids is 1. The third-order valence-electron chi connectivity index (χ3n) is 3.36. The van der Waals surface area contributed by atoms with Gasteiger partial charge in [0, 0.05) is 24.0 Å². The summed E-state index contributed by atoms with van der Waals surface area (Å²) in [4.78, 5) is 12.1. The summed E-state index contributed by atoms with van der Waals surface area (Å²) < 4.78 is 0. The molecule has 20 heavy (non-hydrogen) atoms. The largest absolute Gasteiger partial charge is 0.385 e. The Morgan fingerprint density at radius 2 is 2.30 bits per heavy atom. The van der Waals surface area contributed by atoms with Crippen LogP contribution in [0.5, 0.6) is 0 Å². The van der Waals surface area contributed by atoms with E-state index in [-0.39, 0.29) is 5.91 Å². The lowest BCUT2D eigenvalue weighted by Gasteiger charge is -2.18. The Labute approximate surface area is 117 Å². The molecule has 0 fully saturated rings. The lowest BCUT2D eigenvalue weighted by Crippen LogP contribution is -2.24.